The van der Waals surface area contributed by atoms with E-state index in [9.17, 15) is 13.2 Å². The highest BCUT2D eigenvalue weighted by Gasteiger charge is 2.57. The minimum absolute atomic E-state index is 0.00789. The van der Waals surface area contributed by atoms with Gasteiger partial charge in [-0.3, -0.25) is 4.79 Å². The van der Waals surface area contributed by atoms with Gasteiger partial charge in [0, 0.05) is 24.1 Å². The van der Waals surface area contributed by atoms with E-state index in [4.69, 9.17) is 0 Å². The van der Waals surface area contributed by atoms with Gasteiger partial charge in [0.25, 0.3) is 0 Å². The molecular weight excluding hydrogens is 286 g/mol. The number of hydrogen-bond donors (Lipinski definition) is 1. The Morgan fingerprint density at radius 3 is 2.67 bits per heavy atom. The van der Waals surface area contributed by atoms with Crippen molar-refractivity contribution < 1.29 is 13.2 Å². The number of rotatable bonds is 3. The topological polar surface area (TPSA) is 63.2 Å². The Morgan fingerprint density at radius 2 is 2.00 bits per heavy atom. The maximum atomic E-state index is 12.2. The van der Waals surface area contributed by atoms with Gasteiger partial charge in [-0.25, -0.2) is 8.42 Å². The molecule has 1 aromatic carbocycles. The summed E-state index contributed by atoms with van der Waals surface area (Å²) in [6.07, 6.45) is 4.76. The second kappa shape index (κ2) is 5.13. The summed E-state index contributed by atoms with van der Waals surface area (Å²) in [5.41, 5.74) is 0.726. The van der Waals surface area contributed by atoms with Crippen LogP contribution >= 0.6 is 0 Å². The molecule has 0 radical (unpaired) electrons. The first-order valence-corrected chi connectivity index (χ1v) is 9.39. The van der Waals surface area contributed by atoms with Crippen LogP contribution in [0.25, 0.3) is 0 Å². The molecule has 114 valence electrons. The maximum absolute atomic E-state index is 12.2. The zero-order valence-corrected chi connectivity index (χ0v) is 13.0. The van der Waals surface area contributed by atoms with Crippen LogP contribution in [0, 0.1) is 5.41 Å². The third-order valence-electron chi connectivity index (χ3n) is 5.07. The normalized spacial score (nSPS) is 32.5. The molecule has 1 saturated heterocycles. The Kier molecular flexibility index (Phi) is 3.56. The summed E-state index contributed by atoms with van der Waals surface area (Å²) in [4.78, 5) is 12.0. The predicted molar refractivity (Wildman–Crippen MR) is 81.6 cm³/mol. The van der Waals surface area contributed by atoms with E-state index >= 15 is 0 Å². The molecule has 1 saturated carbocycles. The van der Waals surface area contributed by atoms with E-state index in [1.165, 1.54) is 6.26 Å². The number of hydrogen-bond acceptors (Lipinski definition) is 3. The summed E-state index contributed by atoms with van der Waals surface area (Å²) in [6, 6.07) is 9.89. The zero-order chi connectivity index (χ0) is 15.1. The molecule has 5 heteroatoms. The van der Waals surface area contributed by atoms with Crippen LogP contribution in [0.4, 0.5) is 0 Å². The third-order valence-corrected chi connectivity index (χ3v) is 6.81. The Morgan fingerprint density at radius 1 is 1.29 bits per heavy atom. The van der Waals surface area contributed by atoms with Crippen LogP contribution in [-0.2, 0) is 21.1 Å². The van der Waals surface area contributed by atoms with Gasteiger partial charge in [0.05, 0.1) is 5.25 Å². The van der Waals surface area contributed by atoms with Crippen molar-refractivity contribution in [2.45, 2.75) is 43.4 Å². The lowest BCUT2D eigenvalue weighted by atomic mass is 9.76. The summed E-state index contributed by atoms with van der Waals surface area (Å²) in [7, 11) is -3.14. The summed E-state index contributed by atoms with van der Waals surface area (Å²) >= 11 is 0. The molecule has 1 aliphatic heterocycles. The first-order valence-electron chi connectivity index (χ1n) is 7.44. The third kappa shape index (κ3) is 2.59. The fourth-order valence-electron chi connectivity index (χ4n) is 4.22. The molecule has 2 aliphatic rings. The number of sulfone groups is 1. The van der Waals surface area contributed by atoms with Crippen molar-refractivity contribution in [1.82, 2.24) is 5.32 Å². The molecule has 1 aromatic rings. The van der Waals surface area contributed by atoms with Gasteiger partial charge in [0.2, 0.25) is 5.91 Å². The van der Waals surface area contributed by atoms with E-state index in [1.54, 1.807) is 0 Å². The van der Waals surface area contributed by atoms with Crippen LogP contribution in [0.3, 0.4) is 0 Å². The maximum Gasteiger partial charge on any atom is 0.220 e. The molecule has 4 nitrogen and oxygen atoms in total. The van der Waals surface area contributed by atoms with Gasteiger partial charge in [0.15, 0.2) is 9.84 Å². The molecule has 1 N–H and O–H groups in total. The minimum atomic E-state index is -3.14. The van der Waals surface area contributed by atoms with Gasteiger partial charge >= 0.3 is 0 Å². The first kappa shape index (κ1) is 14.6. The van der Waals surface area contributed by atoms with Crippen LogP contribution in [-0.4, -0.2) is 31.9 Å². The van der Waals surface area contributed by atoms with E-state index in [0.29, 0.717) is 19.3 Å². The molecule has 0 bridgehead atoms. The Balaban J connectivity index is 1.93. The molecular formula is C16H21NO3S. The Labute approximate surface area is 125 Å². The smallest absolute Gasteiger partial charge is 0.220 e. The van der Waals surface area contributed by atoms with Crippen molar-refractivity contribution in [3.8, 4) is 0 Å². The van der Waals surface area contributed by atoms with Crippen molar-refractivity contribution in [2.75, 3.05) is 6.26 Å². The molecule has 1 amide bonds. The Hall–Kier alpha value is -1.36. The lowest BCUT2D eigenvalue weighted by Gasteiger charge is -2.35. The van der Waals surface area contributed by atoms with E-state index in [1.807, 2.05) is 30.3 Å². The number of amides is 1. The highest BCUT2D eigenvalue weighted by Crippen LogP contribution is 2.50. The molecule has 1 heterocycles. The SMILES string of the molecule is CS(=O)(=O)C1CCCC12CC(=O)NC2Cc1ccccc1. The molecule has 1 spiro atoms. The van der Waals surface area contributed by atoms with Crippen molar-refractivity contribution in [1.29, 1.82) is 0 Å². The molecule has 3 unspecified atom stereocenters. The number of nitrogens with one attached hydrogen (secondary N) is 1. The van der Waals surface area contributed by atoms with Gasteiger partial charge in [-0.05, 0) is 24.8 Å². The van der Waals surface area contributed by atoms with E-state index < -0.39 is 20.5 Å². The van der Waals surface area contributed by atoms with Crippen LogP contribution < -0.4 is 5.32 Å². The second-order valence-electron chi connectivity index (χ2n) is 6.43. The minimum Gasteiger partial charge on any atom is -0.352 e. The lowest BCUT2D eigenvalue weighted by molar-refractivity contribution is -0.119. The van der Waals surface area contributed by atoms with Crippen LogP contribution in [0.1, 0.15) is 31.2 Å². The van der Waals surface area contributed by atoms with E-state index in [2.05, 4.69) is 5.32 Å². The summed E-state index contributed by atoms with van der Waals surface area (Å²) in [5, 5.41) is 2.64. The molecule has 3 rings (SSSR count). The summed E-state index contributed by atoms with van der Waals surface area (Å²) < 4.78 is 24.3. The van der Waals surface area contributed by atoms with Crippen LogP contribution in [0.5, 0.6) is 0 Å². The van der Waals surface area contributed by atoms with Crippen LogP contribution in [0.2, 0.25) is 0 Å². The fraction of sp³-hybridized carbons (Fsp3) is 0.562. The van der Waals surface area contributed by atoms with Crippen molar-refractivity contribution >= 4 is 15.7 Å². The monoisotopic (exact) mass is 307 g/mol. The zero-order valence-electron chi connectivity index (χ0n) is 12.2. The average molecular weight is 307 g/mol. The van der Waals surface area contributed by atoms with Crippen LogP contribution in [0.15, 0.2) is 30.3 Å². The summed E-state index contributed by atoms with van der Waals surface area (Å²) in [6.45, 7) is 0. The largest absolute Gasteiger partial charge is 0.352 e. The number of carbonyl (C=O) groups is 1. The molecule has 3 atom stereocenters. The van der Waals surface area contributed by atoms with E-state index in [0.717, 1.165) is 18.4 Å². The first-order chi connectivity index (χ1) is 9.92. The van der Waals surface area contributed by atoms with Gasteiger partial charge in [0.1, 0.15) is 0 Å². The lowest BCUT2D eigenvalue weighted by Crippen LogP contribution is -2.46. The van der Waals surface area contributed by atoms with E-state index in [-0.39, 0.29) is 11.9 Å². The van der Waals surface area contributed by atoms with Crippen molar-refractivity contribution in [3.05, 3.63) is 35.9 Å². The average Bonchev–Trinajstić information content (AvgIpc) is 2.96. The highest BCUT2D eigenvalue weighted by atomic mass is 32.2. The quantitative estimate of drug-likeness (QED) is 0.924. The fourth-order valence-corrected chi connectivity index (χ4v) is 6.03. The Bertz CT molecular complexity index is 641. The molecule has 2 fully saturated rings. The van der Waals surface area contributed by atoms with Gasteiger partial charge in [-0.2, -0.15) is 0 Å². The molecule has 21 heavy (non-hydrogen) atoms. The molecule has 0 aromatic heterocycles. The standard InChI is InChI=1S/C16H21NO3S/c1-21(19,20)14-8-5-9-16(14)11-15(18)17-13(16)10-12-6-3-2-4-7-12/h2-4,6-7,13-14H,5,8-11H2,1H3,(H,17,18). The second-order valence-corrected chi connectivity index (χ2v) is 8.66. The molecule has 1 aliphatic carbocycles. The number of carbonyl (C=O) groups excluding carboxylic acids is 1. The number of benzene rings is 1. The highest BCUT2D eigenvalue weighted by molar-refractivity contribution is 7.91. The van der Waals surface area contributed by atoms with Gasteiger partial charge in [-0.1, -0.05) is 36.8 Å². The van der Waals surface area contributed by atoms with Crippen molar-refractivity contribution in [3.63, 3.8) is 0 Å². The van der Waals surface area contributed by atoms with Gasteiger partial charge < -0.3 is 5.32 Å². The van der Waals surface area contributed by atoms with Gasteiger partial charge in [-0.15, -0.1) is 0 Å². The summed E-state index contributed by atoms with van der Waals surface area (Å²) in [5.74, 6) is -0.00789. The van der Waals surface area contributed by atoms with Crippen molar-refractivity contribution in [2.24, 2.45) is 5.41 Å². The predicted octanol–water partition coefficient (Wildman–Crippen LogP) is 1.70.